The topological polar surface area (TPSA) is 90.7 Å². The second-order valence-electron chi connectivity index (χ2n) is 2.92. The highest BCUT2D eigenvalue weighted by atomic mass is 16.5. The Bertz CT molecular complexity index is 388. The Morgan fingerprint density at radius 2 is 2.06 bits per heavy atom. The third kappa shape index (κ3) is 4.13. The molecule has 0 aliphatic carbocycles. The number of carbonyl (C=O) groups excluding carboxylic acids is 2. The van der Waals surface area contributed by atoms with Crippen LogP contribution in [0.5, 0.6) is 0 Å². The van der Waals surface area contributed by atoms with Gasteiger partial charge in [0.1, 0.15) is 12.8 Å². The fourth-order valence-corrected chi connectivity index (χ4v) is 1.01. The molecule has 1 aromatic rings. The zero-order chi connectivity index (χ0) is 12.7. The second kappa shape index (κ2) is 6.51. The highest BCUT2D eigenvalue weighted by Crippen LogP contribution is 2.08. The predicted octanol–water partition coefficient (Wildman–Crippen LogP) is 0.826. The lowest BCUT2D eigenvalue weighted by molar-refractivity contribution is -0.140. The highest BCUT2D eigenvalue weighted by Gasteiger charge is 2.13. The quantitative estimate of drug-likeness (QED) is 0.738. The monoisotopic (exact) mass is 242 g/mol. The number of anilines is 1. The van der Waals surface area contributed by atoms with E-state index in [1.807, 2.05) is 0 Å². The van der Waals surface area contributed by atoms with Crippen LogP contribution in [0.2, 0.25) is 0 Å². The van der Waals surface area contributed by atoms with Crippen LogP contribution in [0, 0.1) is 0 Å². The fourth-order valence-electron chi connectivity index (χ4n) is 1.01. The first kappa shape index (κ1) is 13.0. The van der Waals surface area contributed by atoms with Crippen molar-refractivity contribution in [3.8, 4) is 0 Å². The standard InChI is InChI=1S/C10H14N2O5/c1-3-15-8(13)5-11-10-12-7(6-17-10)9(14)16-4-2/h6H,3-5H2,1-2H3,(H,11,12). The molecule has 1 heterocycles. The average Bonchev–Trinajstić information content (AvgIpc) is 2.76. The number of esters is 2. The van der Waals surface area contributed by atoms with Gasteiger partial charge in [0.25, 0.3) is 6.01 Å². The van der Waals surface area contributed by atoms with Gasteiger partial charge < -0.3 is 19.2 Å². The number of ether oxygens (including phenoxy) is 2. The van der Waals surface area contributed by atoms with E-state index < -0.39 is 11.9 Å². The number of nitrogens with one attached hydrogen (secondary N) is 1. The van der Waals surface area contributed by atoms with E-state index in [0.717, 1.165) is 6.26 Å². The molecule has 0 saturated carbocycles. The van der Waals surface area contributed by atoms with Crippen LogP contribution in [-0.4, -0.2) is 36.7 Å². The third-order valence-electron chi connectivity index (χ3n) is 1.68. The Kier molecular flexibility index (Phi) is 4.99. The molecule has 0 aliphatic heterocycles. The summed E-state index contributed by atoms with van der Waals surface area (Å²) in [4.78, 5) is 26.0. The maximum atomic E-state index is 11.2. The van der Waals surface area contributed by atoms with Crippen molar-refractivity contribution in [3.63, 3.8) is 0 Å². The Labute approximate surface area is 98.1 Å². The molecule has 0 bridgehead atoms. The van der Waals surface area contributed by atoms with Crippen LogP contribution < -0.4 is 5.32 Å². The number of hydrogen-bond acceptors (Lipinski definition) is 7. The SMILES string of the molecule is CCOC(=O)CNc1nc(C(=O)OCC)co1. The summed E-state index contributed by atoms with van der Waals surface area (Å²) in [6.07, 6.45) is 1.16. The maximum absolute atomic E-state index is 11.2. The predicted molar refractivity (Wildman–Crippen MR) is 57.6 cm³/mol. The van der Waals surface area contributed by atoms with Crippen molar-refractivity contribution in [2.45, 2.75) is 13.8 Å². The van der Waals surface area contributed by atoms with Crippen molar-refractivity contribution >= 4 is 18.0 Å². The van der Waals surface area contributed by atoms with E-state index in [1.165, 1.54) is 0 Å². The molecule has 0 fully saturated rings. The van der Waals surface area contributed by atoms with Crippen molar-refractivity contribution in [2.24, 2.45) is 0 Å². The van der Waals surface area contributed by atoms with Gasteiger partial charge in [-0.05, 0) is 13.8 Å². The van der Waals surface area contributed by atoms with Crippen LogP contribution >= 0.6 is 0 Å². The van der Waals surface area contributed by atoms with E-state index in [0.29, 0.717) is 6.61 Å². The summed E-state index contributed by atoms with van der Waals surface area (Å²) in [5.41, 5.74) is 0.0539. The van der Waals surface area contributed by atoms with Crippen molar-refractivity contribution < 1.29 is 23.5 Å². The molecule has 94 valence electrons. The highest BCUT2D eigenvalue weighted by molar-refractivity contribution is 5.87. The van der Waals surface area contributed by atoms with Gasteiger partial charge in [-0.25, -0.2) is 4.79 Å². The first-order valence-electron chi connectivity index (χ1n) is 5.19. The zero-order valence-electron chi connectivity index (χ0n) is 9.69. The molecule has 0 amide bonds. The van der Waals surface area contributed by atoms with Crippen LogP contribution in [0.1, 0.15) is 24.3 Å². The molecule has 1 rings (SSSR count). The number of rotatable bonds is 6. The van der Waals surface area contributed by atoms with E-state index in [1.54, 1.807) is 13.8 Å². The Balaban J connectivity index is 2.45. The molecule has 17 heavy (non-hydrogen) atoms. The van der Waals surface area contributed by atoms with Gasteiger partial charge in [-0.3, -0.25) is 4.79 Å². The molecule has 7 heteroatoms. The van der Waals surface area contributed by atoms with Crippen LogP contribution in [0.15, 0.2) is 10.7 Å². The summed E-state index contributed by atoms with van der Waals surface area (Å²) in [6, 6.07) is 0.0705. The molecule has 0 aromatic carbocycles. The van der Waals surface area contributed by atoms with Crippen molar-refractivity contribution in [1.29, 1.82) is 0 Å². The minimum absolute atomic E-state index is 0.0539. The Morgan fingerprint density at radius 1 is 1.35 bits per heavy atom. The molecule has 0 saturated heterocycles. The van der Waals surface area contributed by atoms with Gasteiger partial charge >= 0.3 is 11.9 Å². The van der Waals surface area contributed by atoms with Gasteiger partial charge in [-0.1, -0.05) is 0 Å². The van der Waals surface area contributed by atoms with Gasteiger partial charge in [0, 0.05) is 0 Å². The number of oxazole rings is 1. The summed E-state index contributed by atoms with van der Waals surface area (Å²) in [7, 11) is 0. The fraction of sp³-hybridized carbons (Fsp3) is 0.500. The molecule has 0 atom stereocenters. The van der Waals surface area contributed by atoms with Crippen molar-refractivity contribution in [1.82, 2.24) is 4.98 Å². The van der Waals surface area contributed by atoms with Crippen LogP contribution in [-0.2, 0) is 14.3 Å². The summed E-state index contributed by atoms with van der Waals surface area (Å²) in [6.45, 7) is 3.90. The van der Waals surface area contributed by atoms with Crippen LogP contribution in [0.25, 0.3) is 0 Å². The molecule has 1 aromatic heterocycles. The van der Waals surface area contributed by atoms with Gasteiger partial charge in [-0.15, -0.1) is 0 Å². The molecular formula is C10H14N2O5. The zero-order valence-corrected chi connectivity index (χ0v) is 9.69. The lowest BCUT2D eigenvalue weighted by Crippen LogP contribution is -2.17. The molecule has 1 N–H and O–H groups in total. The van der Waals surface area contributed by atoms with Crippen LogP contribution in [0.4, 0.5) is 6.01 Å². The maximum Gasteiger partial charge on any atom is 0.360 e. The van der Waals surface area contributed by atoms with Crippen molar-refractivity contribution in [3.05, 3.63) is 12.0 Å². The largest absolute Gasteiger partial charge is 0.465 e. The van der Waals surface area contributed by atoms with E-state index in [4.69, 9.17) is 13.9 Å². The Hall–Kier alpha value is -2.05. The van der Waals surface area contributed by atoms with Gasteiger partial charge in [0.15, 0.2) is 5.69 Å². The van der Waals surface area contributed by atoms with Gasteiger partial charge in [0.05, 0.1) is 13.2 Å². The third-order valence-corrected chi connectivity index (χ3v) is 1.68. The molecule has 7 nitrogen and oxygen atoms in total. The van der Waals surface area contributed by atoms with Crippen molar-refractivity contribution in [2.75, 3.05) is 25.1 Å². The summed E-state index contributed by atoms with van der Waals surface area (Å²) < 4.78 is 14.3. The minimum Gasteiger partial charge on any atom is -0.465 e. The van der Waals surface area contributed by atoms with Crippen LogP contribution in [0.3, 0.4) is 0 Å². The Morgan fingerprint density at radius 3 is 2.71 bits per heavy atom. The first-order valence-corrected chi connectivity index (χ1v) is 5.19. The summed E-state index contributed by atoms with van der Waals surface area (Å²) >= 11 is 0. The van der Waals surface area contributed by atoms with E-state index >= 15 is 0 Å². The number of nitrogens with zero attached hydrogens (tertiary/aromatic N) is 1. The number of hydrogen-bond donors (Lipinski definition) is 1. The summed E-state index contributed by atoms with van der Waals surface area (Å²) in [5, 5.41) is 2.59. The summed E-state index contributed by atoms with van der Waals surface area (Å²) in [5.74, 6) is -0.996. The van der Waals surface area contributed by atoms with E-state index in [2.05, 4.69) is 10.3 Å². The molecular weight excluding hydrogens is 228 g/mol. The lowest BCUT2D eigenvalue weighted by Gasteiger charge is -2.01. The van der Waals surface area contributed by atoms with E-state index in [-0.39, 0.29) is 24.9 Å². The molecule has 0 aliphatic rings. The molecule has 0 unspecified atom stereocenters. The second-order valence-corrected chi connectivity index (χ2v) is 2.92. The minimum atomic E-state index is -0.569. The lowest BCUT2D eigenvalue weighted by atomic mass is 10.5. The first-order chi connectivity index (χ1) is 8.17. The normalized spacial score (nSPS) is 9.76. The average molecular weight is 242 g/mol. The smallest absolute Gasteiger partial charge is 0.360 e. The van der Waals surface area contributed by atoms with Gasteiger partial charge in [0.2, 0.25) is 0 Å². The number of carbonyl (C=O) groups is 2. The van der Waals surface area contributed by atoms with Gasteiger partial charge in [-0.2, -0.15) is 4.98 Å². The van der Waals surface area contributed by atoms with E-state index in [9.17, 15) is 9.59 Å². The molecule has 0 radical (unpaired) electrons. The number of aromatic nitrogens is 1. The molecule has 0 spiro atoms.